The van der Waals surface area contributed by atoms with E-state index < -0.39 is 0 Å². The molecule has 1 saturated carbocycles. The number of hydrogen-bond acceptors (Lipinski definition) is 2. The fraction of sp³-hybridized carbons (Fsp3) is 1.00. The van der Waals surface area contributed by atoms with E-state index in [4.69, 9.17) is 0 Å². The van der Waals surface area contributed by atoms with Crippen molar-refractivity contribution in [3.63, 3.8) is 0 Å². The molecular weight excluding hydrogens is 202 g/mol. The van der Waals surface area contributed by atoms with Crippen LogP contribution in [-0.4, -0.2) is 23.6 Å². The maximum absolute atomic E-state index is 3.92. The van der Waals surface area contributed by atoms with Crippen LogP contribution in [-0.2, 0) is 0 Å². The van der Waals surface area contributed by atoms with E-state index in [0.717, 1.165) is 23.9 Å². The molecule has 0 aromatic rings. The van der Waals surface area contributed by atoms with Crippen LogP contribution in [0.4, 0.5) is 0 Å². The Labute approximate surface area is 98.8 Å². The quantitative estimate of drug-likeness (QED) is 0.777. The SMILES string of the molecule is C[C@H]1[C@@H](N[C@@H]2CCCSC2)CCC[C@@H]1C. The van der Waals surface area contributed by atoms with E-state index in [1.54, 1.807) is 0 Å². The third-order valence-corrected chi connectivity index (χ3v) is 5.53. The molecule has 2 heteroatoms. The summed E-state index contributed by atoms with van der Waals surface area (Å²) >= 11 is 2.13. The second kappa shape index (κ2) is 5.58. The summed E-state index contributed by atoms with van der Waals surface area (Å²) in [4.78, 5) is 0. The molecule has 1 N–H and O–H groups in total. The van der Waals surface area contributed by atoms with Gasteiger partial charge in [-0.25, -0.2) is 0 Å². The van der Waals surface area contributed by atoms with Crippen LogP contribution in [0.1, 0.15) is 46.0 Å². The van der Waals surface area contributed by atoms with Crippen LogP contribution in [0.15, 0.2) is 0 Å². The van der Waals surface area contributed by atoms with Gasteiger partial charge in [-0.15, -0.1) is 0 Å². The topological polar surface area (TPSA) is 12.0 Å². The number of hydrogen-bond donors (Lipinski definition) is 1. The first kappa shape index (κ1) is 11.8. The van der Waals surface area contributed by atoms with Crippen molar-refractivity contribution in [2.75, 3.05) is 11.5 Å². The third-order valence-electron chi connectivity index (χ3n) is 4.32. The van der Waals surface area contributed by atoms with Crippen molar-refractivity contribution in [2.45, 2.75) is 58.0 Å². The van der Waals surface area contributed by atoms with Crippen LogP contribution < -0.4 is 5.32 Å². The standard InChI is InChI=1S/C13H25NS/c1-10-5-3-7-13(11(10)2)14-12-6-4-8-15-9-12/h10-14H,3-9H2,1-2H3/t10-,11+,12+,13-/m0/s1. The number of thioether (sulfide) groups is 1. The molecule has 4 atom stereocenters. The highest BCUT2D eigenvalue weighted by molar-refractivity contribution is 7.99. The molecular formula is C13H25NS. The van der Waals surface area contributed by atoms with E-state index in [-0.39, 0.29) is 0 Å². The van der Waals surface area contributed by atoms with Gasteiger partial charge >= 0.3 is 0 Å². The van der Waals surface area contributed by atoms with Gasteiger partial charge in [0.2, 0.25) is 0 Å². The van der Waals surface area contributed by atoms with Gasteiger partial charge < -0.3 is 5.32 Å². The highest BCUT2D eigenvalue weighted by Gasteiger charge is 2.28. The van der Waals surface area contributed by atoms with Crippen LogP contribution in [0, 0.1) is 11.8 Å². The summed E-state index contributed by atoms with van der Waals surface area (Å²) in [5.41, 5.74) is 0. The van der Waals surface area contributed by atoms with Crippen LogP contribution in [0.25, 0.3) is 0 Å². The van der Waals surface area contributed by atoms with Gasteiger partial charge in [0.25, 0.3) is 0 Å². The molecule has 15 heavy (non-hydrogen) atoms. The second-order valence-corrected chi connectivity index (χ2v) is 6.60. The molecule has 1 heterocycles. The van der Waals surface area contributed by atoms with Crippen molar-refractivity contribution in [3.8, 4) is 0 Å². The molecule has 0 aromatic heterocycles. The lowest BCUT2D eigenvalue weighted by atomic mass is 9.78. The van der Waals surface area contributed by atoms with Gasteiger partial charge in [-0.1, -0.05) is 26.7 Å². The Hall–Kier alpha value is 0.310. The van der Waals surface area contributed by atoms with Crippen molar-refractivity contribution in [1.29, 1.82) is 0 Å². The maximum atomic E-state index is 3.92. The monoisotopic (exact) mass is 227 g/mol. The van der Waals surface area contributed by atoms with E-state index >= 15 is 0 Å². The molecule has 88 valence electrons. The molecule has 2 fully saturated rings. The Morgan fingerprint density at radius 3 is 2.67 bits per heavy atom. The van der Waals surface area contributed by atoms with Crippen molar-refractivity contribution in [3.05, 3.63) is 0 Å². The summed E-state index contributed by atoms with van der Waals surface area (Å²) in [6, 6.07) is 1.61. The van der Waals surface area contributed by atoms with Gasteiger partial charge in [0.15, 0.2) is 0 Å². The molecule has 0 aromatic carbocycles. The molecule has 1 nitrogen and oxygen atoms in total. The molecule has 1 saturated heterocycles. The number of nitrogens with one attached hydrogen (secondary N) is 1. The van der Waals surface area contributed by atoms with Crippen molar-refractivity contribution in [2.24, 2.45) is 11.8 Å². The number of rotatable bonds is 2. The minimum atomic E-state index is 0.803. The van der Waals surface area contributed by atoms with Gasteiger partial charge in [0.05, 0.1) is 0 Å². The summed E-state index contributed by atoms with van der Waals surface area (Å²) < 4.78 is 0. The largest absolute Gasteiger partial charge is 0.310 e. The summed E-state index contributed by atoms with van der Waals surface area (Å²) in [7, 11) is 0. The molecule has 1 aliphatic carbocycles. The van der Waals surface area contributed by atoms with Crippen molar-refractivity contribution >= 4 is 11.8 Å². The first-order valence-electron chi connectivity index (χ1n) is 6.61. The predicted molar refractivity (Wildman–Crippen MR) is 69.4 cm³/mol. The average molecular weight is 227 g/mol. The highest BCUT2D eigenvalue weighted by atomic mass is 32.2. The zero-order chi connectivity index (χ0) is 10.7. The third kappa shape index (κ3) is 3.13. The Balaban J connectivity index is 1.81. The molecule has 0 radical (unpaired) electrons. The Kier molecular flexibility index (Phi) is 4.39. The Bertz CT molecular complexity index is 189. The van der Waals surface area contributed by atoms with Crippen molar-refractivity contribution in [1.82, 2.24) is 5.32 Å². The van der Waals surface area contributed by atoms with Crippen molar-refractivity contribution < 1.29 is 0 Å². The molecule has 0 amide bonds. The molecule has 0 bridgehead atoms. The normalized spacial score (nSPS) is 42.8. The van der Waals surface area contributed by atoms with Crippen LogP contribution in [0.3, 0.4) is 0 Å². The highest BCUT2D eigenvalue weighted by Crippen LogP contribution is 2.30. The maximum Gasteiger partial charge on any atom is 0.0161 e. The predicted octanol–water partition coefficient (Wildman–Crippen LogP) is 3.30. The Morgan fingerprint density at radius 1 is 1.07 bits per heavy atom. The van der Waals surface area contributed by atoms with E-state index in [9.17, 15) is 0 Å². The molecule has 2 rings (SSSR count). The van der Waals surface area contributed by atoms with Gasteiger partial charge in [-0.05, 0) is 36.9 Å². The van der Waals surface area contributed by atoms with E-state index in [1.807, 2.05) is 0 Å². The van der Waals surface area contributed by atoms with E-state index in [1.165, 1.54) is 43.6 Å². The first-order chi connectivity index (χ1) is 7.27. The lowest BCUT2D eigenvalue weighted by Crippen LogP contribution is -2.47. The summed E-state index contributed by atoms with van der Waals surface area (Å²) in [6.45, 7) is 4.87. The smallest absolute Gasteiger partial charge is 0.0161 e. The molecule has 0 unspecified atom stereocenters. The lowest BCUT2D eigenvalue weighted by molar-refractivity contribution is 0.194. The minimum Gasteiger partial charge on any atom is -0.310 e. The van der Waals surface area contributed by atoms with Crippen LogP contribution in [0.2, 0.25) is 0 Å². The van der Waals surface area contributed by atoms with Gasteiger partial charge in [-0.3, -0.25) is 0 Å². The van der Waals surface area contributed by atoms with Crippen LogP contribution in [0.5, 0.6) is 0 Å². The van der Waals surface area contributed by atoms with Gasteiger partial charge in [-0.2, -0.15) is 11.8 Å². The van der Waals surface area contributed by atoms with E-state index in [2.05, 4.69) is 30.9 Å². The van der Waals surface area contributed by atoms with Gasteiger partial charge in [0, 0.05) is 17.8 Å². The van der Waals surface area contributed by atoms with Gasteiger partial charge in [0.1, 0.15) is 0 Å². The summed E-state index contributed by atoms with van der Waals surface area (Å²) in [6.07, 6.45) is 7.11. The fourth-order valence-electron chi connectivity index (χ4n) is 2.99. The average Bonchev–Trinajstić information content (AvgIpc) is 2.26. The zero-order valence-electron chi connectivity index (χ0n) is 10.2. The van der Waals surface area contributed by atoms with E-state index in [0.29, 0.717) is 0 Å². The Morgan fingerprint density at radius 2 is 1.93 bits per heavy atom. The minimum absolute atomic E-state index is 0.803. The lowest BCUT2D eigenvalue weighted by Gasteiger charge is -2.38. The van der Waals surface area contributed by atoms with Crippen LogP contribution >= 0.6 is 11.8 Å². The summed E-state index contributed by atoms with van der Waals surface area (Å²) in [5.74, 6) is 4.53. The zero-order valence-corrected chi connectivity index (χ0v) is 11.0. The summed E-state index contributed by atoms with van der Waals surface area (Å²) in [5, 5.41) is 3.92. The molecule has 0 spiro atoms. The molecule has 2 aliphatic rings. The second-order valence-electron chi connectivity index (χ2n) is 5.45. The molecule has 1 aliphatic heterocycles. The fourth-order valence-corrected chi connectivity index (χ4v) is 4.08. The first-order valence-corrected chi connectivity index (χ1v) is 7.76.